The summed E-state index contributed by atoms with van der Waals surface area (Å²) >= 11 is 6.22. The van der Waals surface area contributed by atoms with Crippen molar-refractivity contribution in [2.24, 2.45) is 14.1 Å². The zero-order chi connectivity index (χ0) is 18.4. The number of benzene rings is 2. The largest absolute Gasteiger partial charge is 0.328 e. The molecule has 8 heteroatoms. The van der Waals surface area contributed by atoms with Crippen LogP contribution in [0.1, 0.15) is 12.5 Å². The van der Waals surface area contributed by atoms with E-state index < -0.39 is 10.0 Å². The summed E-state index contributed by atoms with van der Waals surface area (Å²) in [6, 6.07) is 10.1. The first-order valence-corrected chi connectivity index (χ1v) is 9.58. The molecule has 3 aromatic rings. The van der Waals surface area contributed by atoms with Crippen LogP contribution in [-0.2, 0) is 30.5 Å². The van der Waals surface area contributed by atoms with Gasteiger partial charge in [0.2, 0.25) is 0 Å². The minimum atomic E-state index is -3.89. The predicted octanol–water partition coefficient (Wildman–Crippen LogP) is 2.89. The SMILES string of the molecule is CCc1ccccc1NS(=O)(=O)c1cc2c(cc1Cl)n(C)c(=O)n2C. The molecule has 0 radical (unpaired) electrons. The number of nitrogens with one attached hydrogen (secondary N) is 1. The van der Waals surface area contributed by atoms with Crippen LogP contribution >= 0.6 is 11.6 Å². The van der Waals surface area contributed by atoms with Crippen LogP contribution in [0.2, 0.25) is 5.02 Å². The fourth-order valence-corrected chi connectivity index (χ4v) is 4.48. The standard InChI is InChI=1S/C17H18ClN3O3S/c1-4-11-7-5-6-8-13(11)19-25(23,24)16-10-15-14(9-12(16)18)20(2)17(22)21(15)3/h5-10,19H,4H2,1-3H3. The third-order valence-corrected chi connectivity index (χ3v) is 6.09. The van der Waals surface area contributed by atoms with Crippen molar-refractivity contribution in [3.8, 4) is 0 Å². The van der Waals surface area contributed by atoms with E-state index >= 15 is 0 Å². The van der Waals surface area contributed by atoms with Crippen molar-refractivity contribution < 1.29 is 8.42 Å². The molecule has 0 spiro atoms. The summed E-state index contributed by atoms with van der Waals surface area (Å²) in [5.41, 5.74) is 2.23. The molecule has 1 aromatic heterocycles. The molecule has 0 saturated heterocycles. The Morgan fingerprint density at radius 1 is 1.08 bits per heavy atom. The maximum Gasteiger partial charge on any atom is 0.328 e. The van der Waals surface area contributed by atoms with Crippen LogP contribution in [0.4, 0.5) is 5.69 Å². The first-order chi connectivity index (χ1) is 11.8. The van der Waals surface area contributed by atoms with E-state index in [-0.39, 0.29) is 15.6 Å². The van der Waals surface area contributed by atoms with Crippen LogP contribution in [0.5, 0.6) is 0 Å². The Labute approximate surface area is 150 Å². The Morgan fingerprint density at radius 3 is 2.32 bits per heavy atom. The molecule has 1 heterocycles. The van der Waals surface area contributed by atoms with E-state index in [1.807, 2.05) is 19.1 Å². The van der Waals surface area contributed by atoms with Gasteiger partial charge in [0.25, 0.3) is 10.0 Å². The topological polar surface area (TPSA) is 73.1 Å². The zero-order valence-corrected chi connectivity index (χ0v) is 15.6. The van der Waals surface area contributed by atoms with E-state index in [0.29, 0.717) is 23.1 Å². The van der Waals surface area contributed by atoms with Gasteiger partial charge in [-0.3, -0.25) is 13.9 Å². The highest BCUT2D eigenvalue weighted by molar-refractivity contribution is 7.92. The number of para-hydroxylation sites is 1. The summed E-state index contributed by atoms with van der Waals surface area (Å²) in [7, 11) is -0.687. The number of anilines is 1. The number of fused-ring (bicyclic) bond motifs is 1. The molecule has 0 atom stereocenters. The van der Waals surface area contributed by atoms with E-state index in [9.17, 15) is 13.2 Å². The summed E-state index contributed by atoms with van der Waals surface area (Å²) < 4.78 is 31.1. The maximum atomic E-state index is 12.8. The Bertz CT molecular complexity index is 1130. The van der Waals surface area contributed by atoms with E-state index in [1.165, 1.54) is 21.3 Å². The molecule has 1 N–H and O–H groups in total. The van der Waals surface area contributed by atoms with Crippen LogP contribution in [-0.4, -0.2) is 17.6 Å². The molecular formula is C17H18ClN3O3S. The lowest BCUT2D eigenvalue weighted by Crippen LogP contribution is -2.19. The fraction of sp³-hybridized carbons (Fsp3) is 0.235. The highest BCUT2D eigenvalue weighted by atomic mass is 35.5. The van der Waals surface area contributed by atoms with Crippen molar-refractivity contribution in [3.63, 3.8) is 0 Å². The monoisotopic (exact) mass is 379 g/mol. The highest BCUT2D eigenvalue weighted by Gasteiger charge is 2.22. The maximum absolute atomic E-state index is 12.8. The fourth-order valence-electron chi connectivity index (χ4n) is 2.83. The van der Waals surface area contributed by atoms with Gasteiger partial charge >= 0.3 is 5.69 Å². The van der Waals surface area contributed by atoms with Gasteiger partial charge in [-0.2, -0.15) is 0 Å². The van der Waals surface area contributed by atoms with Crippen molar-refractivity contribution in [3.05, 3.63) is 57.5 Å². The van der Waals surface area contributed by atoms with Gasteiger partial charge < -0.3 is 0 Å². The van der Waals surface area contributed by atoms with Crippen LogP contribution in [0.3, 0.4) is 0 Å². The lowest BCUT2D eigenvalue weighted by Gasteiger charge is -2.13. The quantitative estimate of drug-likeness (QED) is 0.757. The van der Waals surface area contributed by atoms with Crippen molar-refractivity contribution >= 4 is 38.3 Å². The van der Waals surface area contributed by atoms with Gasteiger partial charge in [0.15, 0.2) is 0 Å². The second-order valence-electron chi connectivity index (χ2n) is 5.79. The molecule has 6 nitrogen and oxygen atoms in total. The summed E-state index contributed by atoms with van der Waals surface area (Å²) in [5.74, 6) is 0. The molecule has 0 fully saturated rings. The number of halogens is 1. The van der Waals surface area contributed by atoms with E-state index in [0.717, 1.165) is 5.56 Å². The lowest BCUT2D eigenvalue weighted by atomic mass is 10.1. The normalized spacial score (nSPS) is 11.8. The summed E-state index contributed by atoms with van der Waals surface area (Å²) in [6.07, 6.45) is 0.693. The van der Waals surface area contributed by atoms with E-state index in [1.54, 1.807) is 26.2 Å². The van der Waals surface area contributed by atoms with Gasteiger partial charge in [-0.05, 0) is 30.2 Å². The molecule has 3 rings (SSSR count). The molecule has 0 aliphatic rings. The predicted molar refractivity (Wildman–Crippen MR) is 99.8 cm³/mol. The van der Waals surface area contributed by atoms with E-state index in [2.05, 4.69) is 4.72 Å². The Balaban J connectivity index is 2.16. The summed E-state index contributed by atoms with van der Waals surface area (Å²) in [4.78, 5) is 12.0. The Kier molecular flexibility index (Phi) is 4.38. The average Bonchev–Trinajstić information content (AvgIpc) is 2.78. The number of imidazole rings is 1. The number of nitrogens with zero attached hydrogens (tertiary/aromatic N) is 2. The van der Waals surface area contributed by atoms with Gasteiger partial charge in [0.05, 0.1) is 21.7 Å². The van der Waals surface area contributed by atoms with Crippen LogP contribution in [0.25, 0.3) is 11.0 Å². The minimum Gasteiger partial charge on any atom is -0.295 e. The first-order valence-electron chi connectivity index (χ1n) is 7.72. The van der Waals surface area contributed by atoms with Crippen molar-refractivity contribution in [1.82, 2.24) is 9.13 Å². The summed E-state index contributed by atoms with van der Waals surface area (Å²) in [6.45, 7) is 1.95. The first kappa shape index (κ1) is 17.6. The van der Waals surface area contributed by atoms with Crippen LogP contribution in [0, 0.1) is 0 Å². The van der Waals surface area contributed by atoms with Gasteiger partial charge in [0, 0.05) is 14.1 Å². The molecule has 0 saturated carbocycles. The van der Waals surface area contributed by atoms with Crippen molar-refractivity contribution in [2.45, 2.75) is 18.2 Å². The second kappa shape index (κ2) is 6.24. The van der Waals surface area contributed by atoms with Crippen molar-refractivity contribution in [2.75, 3.05) is 4.72 Å². The Morgan fingerprint density at radius 2 is 1.68 bits per heavy atom. The van der Waals surface area contributed by atoms with Gasteiger partial charge in [-0.1, -0.05) is 36.7 Å². The number of aryl methyl sites for hydroxylation is 3. The number of sulfonamides is 1. The number of rotatable bonds is 4. The number of hydrogen-bond donors (Lipinski definition) is 1. The molecule has 132 valence electrons. The number of aromatic nitrogens is 2. The molecule has 2 aromatic carbocycles. The highest BCUT2D eigenvalue weighted by Crippen LogP contribution is 2.29. The van der Waals surface area contributed by atoms with E-state index in [4.69, 9.17) is 11.6 Å². The molecule has 0 amide bonds. The third kappa shape index (κ3) is 2.94. The van der Waals surface area contributed by atoms with Gasteiger partial charge in [0.1, 0.15) is 4.90 Å². The zero-order valence-electron chi connectivity index (χ0n) is 14.1. The number of hydrogen-bond acceptors (Lipinski definition) is 3. The second-order valence-corrected chi connectivity index (χ2v) is 7.85. The van der Waals surface area contributed by atoms with Crippen LogP contribution < -0.4 is 10.4 Å². The molecule has 0 unspecified atom stereocenters. The molecule has 0 aliphatic carbocycles. The van der Waals surface area contributed by atoms with Crippen molar-refractivity contribution in [1.29, 1.82) is 0 Å². The molecule has 25 heavy (non-hydrogen) atoms. The van der Waals surface area contributed by atoms with Gasteiger partial charge in [-0.15, -0.1) is 0 Å². The summed E-state index contributed by atoms with van der Waals surface area (Å²) in [5, 5.41) is 0.0650. The van der Waals surface area contributed by atoms with Gasteiger partial charge in [-0.25, -0.2) is 13.2 Å². The molecule has 0 aliphatic heterocycles. The Hall–Kier alpha value is -2.25. The smallest absolute Gasteiger partial charge is 0.295 e. The minimum absolute atomic E-state index is 0.0613. The molecule has 0 bridgehead atoms. The molecular weight excluding hydrogens is 362 g/mol. The lowest BCUT2D eigenvalue weighted by molar-refractivity contribution is 0.601. The van der Waals surface area contributed by atoms with Crippen LogP contribution in [0.15, 0.2) is 46.1 Å². The average molecular weight is 380 g/mol. The third-order valence-electron chi connectivity index (χ3n) is 4.26.